The highest BCUT2D eigenvalue weighted by Gasteiger charge is 2.01. The molecule has 0 aliphatic carbocycles. The number of ether oxygens (including phenoxy) is 1. The summed E-state index contributed by atoms with van der Waals surface area (Å²) >= 11 is 0. The van der Waals surface area contributed by atoms with Gasteiger partial charge in [-0.25, -0.2) is 4.79 Å². The predicted octanol–water partition coefficient (Wildman–Crippen LogP) is 4.39. The summed E-state index contributed by atoms with van der Waals surface area (Å²) in [5.41, 5.74) is 1.14. The van der Waals surface area contributed by atoms with Crippen LogP contribution >= 0.6 is 0 Å². The molecule has 1 amide bonds. The van der Waals surface area contributed by atoms with Gasteiger partial charge in [0.25, 0.3) is 0 Å². The Balaban J connectivity index is 2.15. The minimum Gasteiger partial charge on any atom is -0.410 e. The van der Waals surface area contributed by atoms with Gasteiger partial charge in [0, 0.05) is 6.54 Å². The zero-order valence-corrected chi connectivity index (χ0v) is 12.3. The minimum atomic E-state index is -0.426. The molecule has 0 radical (unpaired) electrons. The molecule has 1 N–H and O–H groups in total. The van der Waals surface area contributed by atoms with Crippen molar-refractivity contribution in [3.05, 3.63) is 54.1 Å². The maximum absolute atomic E-state index is 11.5. The molecule has 0 saturated carbocycles. The average molecular weight is 273 g/mol. The number of aryl methyl sites for hydroxylation is 1. The molecular formula is C17H23NO2. The van der Waals surface area contributed by atoms with E-state index in [9.17, 15) is 4.79 Å². The number of hydrogen-bond donors (Lipinski definition) is 1. The molecule has 0 fully saturated rings. The zero-order chi connectivity index (χ0) is 14.6. The van der Waals surface area contributed by atoms with Crippen molar-refractivity contribution in [3.8, 4) is 5.75 Å². The first-order chi connectivity index (χ1) is 9.72. The maximum atomic E-state index is 11.5. The van der Waals surface area contributed by atoms with Crippen LogP contribution in [0.25, 0.3) is 0 Å². The lowest BCUT2D eigenvalue weighted by Crippen LogP contribution is -2.26. The van der Waals surface area contributed by atoms with Crippen molar-refractivity contribution in [2.24, 2.45) is 0 Å². The molecule has 1 aromatic carbocycles. The fourth-order valence-corrected chi connectivity index (χ4v) is 1.57. The Labute approximate surface area is 121 Å². The third kappa shape index (κ3) is 7.41. The first-order valence-electron chi connectivity index (χ1n) is 7.04. The Morgan fingerprint density at radius 2 is 1.75 bits per heavy atom. The standard InChI is InChI=1S/C17H23NO2/c1-3-4-5-6-7-8-9-14-18-17(19)20-16-12-10-15(2)11-13-16/h4-5,8-13H,3,6-7,14H2,1-2H3,(H,18,19). The van der Waals surface area contributed by atoms with E-state index < -0.39 is 6.09 Å². The van der Waals surface area contributed by atoms with Crippen LogP contribution in [-0.4, -0.2) is 12.6 Å². The molecule has 0 heterocycles. The van der Waals surface area contributed by atoms with Gasteiger partial charge in [-0.3, -0.25) is 0 Å². The Kier molecular flexibility index (Phi) is 7.89. The van der Waals surface area contributed by atoms with E-state index in [0.29, 0.717) is 12.3 Å². The summed E-state index contributed by atoms with van der Waals surface area (Å²) in [6.45, 7) is 4.60. The molecule has 0 aromatic heterocycles. The molecule has 20 heavy (non-hydrogen) atoms. The van der Waals surface area contributed by atoms with E-state index in [1.807, 2.05) is 25.1 Å². The minimum absolute atomic E-state index is 0.426. The number of nitrogens with one attached hydrogen (secondary N) is 1. The summed E-state index contributed by atoms with van der Waals surface area (Å²) in [5.74, 6) is 0.557. The summed E-state index contributed by atoms with van der Waals surface area (Å²) in [6, 6.07) is 7.38. The first kappa shape index (κ1) is 16.0. The number of unbranched alkanes of at least 4 members (excludes halogenated alkanes) is 1. The van der Waals surface area contributed by atoms with Crippen LogP contribution in [0.2, 0.25) is 0 Å². The van der Waals surface area contributed by atoms with Crippen molar-refractivity contribution in [1.82, 2.24) is 5.32 Å². The lowest BCUT2D eigenvalue weighted by Gasteiger charge is -2.04. The Morgan fingerprint density at radius 3 is 2.40 bits per heavy atom. The first-order valence-corrected chi connectivity index (χ1v) is 7.04. The van der Waals surface area contributed by atoms with Crippen molar-refractivity contribution in [2.75, 3.05) is 6.54 Å². The quantitative estimate of drug-likeness (QED) is 0.591. The van der Waals surface area contributed by atoms with E-state index in [4.69, 9.17) is 4.74 Å². The third-order valence-corrected chi connectivity index (χ3v) is 2.66. The molecule has 0 saturated heterocycles. The maximum Gasteiger partial charge on any atom is 0.412 e. The van der Waals surface area contributed by atoms with Gasteiger partial charge in [0.2, 0.25) is 0 Å². The van der Waals surface area contributed by atoms with Gasteiger partial charge in [-0.1, -0.05) is 48.9 Å². The van der Waals surface area contributed by atoms with Gasteiger partial charge in [-0.2, -0.15) is 0 Å². The van der Waals surface area contributed by atoms with Gasteiger partial charge in [-0.05, 0) is 38.3 Å². The Hall–Kier alpha value is -2.03. The monoisotopic (exact) mass is 273 g/mol. The Morgan fingerprint density at radius 1 is 1.10 bits per heavy atom. The SMILES string of the molecule is CCC=CCCC=CCNC(=O)Oc1ccc(C)cc1. The smallest absolute Gasteiger partial charge is 0.410 e. The number of carbonyl (C=O) groups is 1. The van der Waals surface area contributed by atoms with E-state index in [1.165, 1.54) is 0 Å². The molecule has 1 aromatic rings. The van der Waals surface area contributed by atoms with Gasteiger partial charge < -0.3 is 10.1 Å². The molecule has 0 aliphatic rings. The molecule has 0 atom stereocenters. The summed E-state index contributed by atoms with van der Waals surface area (Å²) in [4.78, 5) is 11.5. The molecule has 0 spiro atoms. The van der Waals surface area contributed by atoms with E-state index in [-0.39, 0.29) is 0 Å². The van der Waals surface area contributed by atoms with Gasteiger partial charge in [0.05, 0.1) is 0 Å². The van der Waals surface area contributed by atoms with Crippen LogP contribution in [0.5, 0.6) is 5.75 Å². The van der Waals surface area contributed by atoms with Gasteiger partial charge in [-0.15, -0.1) is 0 Å². The van der Waals surface area contributed by atoms with E-state index in [2.05, 4.69) is 30.5 Å². The van der Waals surface area contributed by atoms with Crippen LogP contribution in [0.15, 0.2) is 48.6 Å². The van der Waals surface area contributed by atoms with Crippen molar-refractivity contribution in [2.45, 2.75) is 33.1 Å². The number of allylic oxidation sites excluding steroid dienone is 3. The highest BCUT2D eigenvalue weighted by molar-refractivity contribution is 5.70. The Bertz CT molecular complexity index is 447. The fraction of sp³-hybridized carbons (Fsp3) is 0.353. The zero-order valence-electron chi connectivity index (χ0n) is 12.3. The van der Waals surface area contributed by atoms with Gasteiger partial charge in [0.1, 0.15) is 5.75 Å². The molecule has 108 valence electrons. The van der Waals surface area contributed by atoms with Crippen molar-refractivity contribution in [3.63, 3.8) is 0 Å². The molecule has 0 aliphatic heterocycles. The largest absolute Gasteiger partial charge is 0.412 e. The van der Waals surface area contributed by atoms with Crippen LogP contribution in [0.1, 0.15) is 31.7 Å². The fourth-order valence-electron chi connectivity index (χ4n) is 1.57. The molecule has 3 nitrogen and oxygen atoms in total. The van der Waals surface area contributed by atoms with E-state index in [0.717, 1.165) is 24.8 Å². The van der Waals surface area contributed by atoms with Crippen molar-refractivity contribution < 1.29 is 9.53 Å². The second-order valence-corrected chi connectivity index (χ2v) is 4.51. The van der Waals surface area contributed by atoms with E-state index in [1.54, 1.807) is 12.1 Å². The molecule has 0 unspecified atom stereocenters. The van der Waals surface area contributed by atoms with E-state index >= 15 is 0 Å². The topological polar surface area (TPSA) is 38.3 Å². The lowest BCUT2D eigenvalue weighted by atomic mass is 10.2. The van der Waals surface area contributed by atoms with Crippen LogP contribution in [0, 0.1) is 6.92 Å². The number of benzene rings is 1. The molecule has 1 rings (SSSR count). The van der Waals surface area contributed by atoms with Crippen molar-refractivity contribution >= 4 is 6.09 Å². The molecule has 0 bridgehead atoms. The summed E-state index contributed by atoms with van der Waals surface area (Å²) in [5, 5.41) is 2.68. The molecular weight excluding hydrogens is 250 g/mol. The predicted molar refractivity (Wildman–Crippen MR) is 83.0 cm³/mol. The number of rotatable bonds is 7. The van der Waals surface area contributed by atoms with Crippen LogP contribution in [0.4, 0.5) is 4.79 Å². The highest BCUT2D eigenvalue weighted by Crippen LogP contribution is 2.11. The van der Waals surface area contributed by atoms with Crippen LogP contribution < -0.4 is 10.1 Å². The molecule has 3 heteroatoms. The third-order valence-electron chi connectivity index (χ3n) is 2.66. The highest BCUT2D eigenvalue weighted by atomic mass is 16.5. The van der Waals surface area contributed by atoms with Crippen molar-refractivity contribution in [1.29, 1.82) is 0 Å². The average Bonchev–Trinajstić information content (AvgIpc) is 2.44. The second kappa shape index (κ2) is 9.84. The number of carbonyl (C=O) groups excluding carboxylic acids is 1. The summed E-state index contributed by atoms with van der Waals surface area (Å²) < 4.78 is 5.13. The number of hydrogen-bond acceptors (Lipinski definition) is 2. The number of amides is 1. The normalized spacial score (nSPS) is 11.1. The van der Waals surface area contributed by atoms with Gasteiger partial charge >= 0.3 is 6.09 Å². The van der Waals surface area contributed by atoms with Crippen LogP contribution in [0.3, 0.4) is 0 Å². The second-order valence-electron chi connectivity index (χ2n) is 4.51. The summed E-state index contributed by atoms with van der Waals surface area (Å²) in [7, 11) is 0. The van der Waals surface area contributed by atoms with Gasteiger partial charge in [0.15, 0.2) is 0 Å². The van der Waals surface area contributed by atoms with Crippen LogP contribution in [-0.2, 0) is 0 Å². The lowest BCUT2D eigenvalue weighted by molar-refractivity contribution is 0.201. The summed E-state index contributed by atoms with van der Waals surface area (Å²) in [6.07, 6.45) is 11.0.